The minimum absolute atomic E-state index is 0.221. The molecule has 1 unspecified atom stereocenters. The first-order chi connectivity index (χ1) is 8.17. The van der Waals surface area contributed by atoms with Gasteiger partial charge < -0.3 is 15.3 Å². The standard InChI is InChI=1S/C13H21BrN2O/c1-15-13(7-8-16(2)9-10-17)11-3-5-12(14)6-4-11/h3-6,13,15,17H,7-10H2,1-2H3. The monoisotopic (exact) mass is 300 g/mol. The molecule has 0 radical (unpaired) electrons. The topological polar surface area (TPSA) is 35.5 Å². The number of aliphatic hydroxyl groups is 1. The molecule has 0 bridgehead atoms. The largest absolute Gasteiger partial charge is 0.395 e. The van der Waals surface area contributed by atoms with Gasteiger partial charge in [-0.25, -0.2) is 0 Å². The lowest BCUT2D eigenvalue weighted by molar-refractivity contribution is 0.216. The number of hydrogen-bond acceptors (Lipinski definition) is 3. The molecule has 0 aromatic heterocycles. The van der Waals surface area contributed by atoms with Crippen molar-refractivity contribution < 1.29 is 5.11 Å². The zero-order valence-corrected chi connectivity index (χ0v) is 12.1. The zero-order valence-electron chi connectivity index (χ0n) is 10.5. The van der Waals surface area contributed by atoms with Crippen LogP contribution in [-0.4, -0.2) is 43.8 Å². The van der Waals surface area contributed by atoms with Gasteiger partial charge in [0.2, 0.25) is 0 Å². The van der Waals surface area contributed by atoms with E-state index in [1.165, 1.54) is 5.56 Å². The fourth-order valence-corrected chi connectivity index (χ4v) is 2.07. The number of aliphatic hydroxyl groups excluding tert-OH is 1. The minimum Gasteiger partial charge on any atom is -0.395 e. The summed E-state index contributed by atoms with van der Waals surface area (Å²) in [7, 11) is 4.02. The molecular formula is C13H21BrN2O. The number of nitrogens with one attached hydrogen (secondary N) is 1. The lowest BCUT2D eigenvalue weighted by atomic mass is 10.0. The summed E-state index contributed by atoms with van der Waals surface area (Å²) in [4.78, 5) is 2.14. The predicted molar refractivity (Wildman–Crippen MR) is 75.1 cm³/mol. The van der Waals surface area contributed by atoms with E-state index in [0.29, 0.717) is 6.04 Å². The van der Waals surface area contributed by atoms with Crippen LogP contribution in [0, 0.1) is 0 Å². The van der Waals surface area contributed by atoms with E-state index in [-0.39, 0.29) is 6.61 Å². The SMILES string of the molecule is CNC(CCN(C)CCO)c1ccc(Br)cc1. The van der Waals surface area contributed by atoms with E-state index >= 15 is 0 Å². The van der Waals surface area contributed by atoms with Crippen molar-refractivity contribution >= 4 is 15.9 Å². The molecule has 0 aliphatic heterocycles. The molecule has 2 N–H and O–H groups in total. The second kappa shape index (κ2) is 7.82. The van der Waals surface area contributed by atoms with Crippen LogP contribution in [0.25, 0.3) is 0 Å². The second-order valence-corrected chi connectivity index (χ2v) is 5.12. The molecule has 0 amide bonds. The molecule has 96 valence electrons. The van der Waals surface area contributed by atoms with Gasteiger partial charge in [0.05, 0.1) is 6.61 Å². The average Bonchev–Trinajstić information content (AvgIpc) is 2.32. The Labute approximate surface area is 112 Å². The maximum Gasteiger partial charge on any atom is 0.0558 e. The molecule has 1 aromatic rings. The van der Waals surface area contributed by atoms with Gasteiger partial charge in [0.1, 0.15) is 0 Å². The van der Waals surface area contributed by atoms with Crippen LogP contribution in [0.15, 0.2) is 28.7 Å². The fraction of sp³-hybridized carbons (Fsp3) is 0.538. The Morgan fingerprint density at radius 2 is 1.94 bits per heavy atom. The summed E-state index contributed by atoms with van der Waals surface area (Å²) < 4.78 is 1.11. The van der Waals surface area contributed by atoms with Crippen molar-refractivity contribution in [2.45, 2.75) is 12.5 Å². The summed E-state index contributed by atoms with van der Waals surface area (Å²) >= 11 is 3.44. The molecule has 3 nitrogen and oxygen atoms in total. The summed E-state index contributed by atoms with van der Waals surface area (Å²) in [6.45, 7) is 1.93. The zero-order chi connectivity index (χ0) is 12.7. The highest BCUT2D eigenvalue weighted by atomic mass is 79.9. The van der Waals surface area contributed by atoms with Crippen LogP contribution in [0.1, 0.15) is 18.0 Å². The molecule has 1 aromatic carbocycles. The van der Waals surface area contributed by atoms with E-state index in [0.717, 1.165) is 24.0 Å². The van der Waals surface area contributed by atoms with Crippen molar-refractivity contribution in [1.29, 1.82) is 0 Å². The van der Waals surface area contributed by atoms with Crippen molar-refractivity contribution in [2.75, 3.05) is 33.8 Å². The first-order valence-electron chi connectivity index (χ1n) is 5.89. The summed E-state index contributed by atoms with van der Waals surface area (Å²) in [5, 5.41) is 12.2. The maximum absolute atomic E-state index is 8.84. The number of nitrogens with zero attached hydrogens (tertiary/aromatic N) is 1. The van der Waals surface area contributed by atoms with Crippen LogP contribution < -0.4 is 5.32 Å². The van der Waals surface area contributed by atoms with Crippen molar-refractivity contribution in [3.05, 3.63) is 34.3 Å². The van der Waals surface area contributed by atoms with Crippen LogP contribution in [-0.2, 0) is 0 Å². The highest BCUT2D eigenvalue weighted by molar-refractivity contribution is 9.10. The number of likely N-dealkylation sites (N-methyl/N-ethyl adjacent to an activating group) is 1. The third-order valence-electron chi connectivity index (χ3n) is 2.90. The minimum atomic E-state index is 0.221. The van der Waals surface area contributed by atoms with Gasteiger partial charge in [-0.1, -0.05) is 28.1 Å². The van der Waals surface area contributed by atoms with Gasteiger partial charge in [-0.2, -0.15) is 0 Å². The quantitative estimate of drug-likeness (QED) is 0.809. The number of hydrogen-bond donors (Lipinski definition) is 2. The number of halogens is 1. The van der Waals surface area contributed by atoms with Crippen molar-refractivity contribution in [1.82, 2.24) is 10.2 Å². The van der Waals surface area contributed by atoms with E-state index < -0.39 is 0 Å². The summed E-state index contributed by atoms with van der Waals surface area (Å²) in [6, 6.07) is 8.77. The molecule has 0 fully saturated rings. The van der Waals surface area contributed by atoms with Crippen LogP contribution in [0.4, 0.5) is 0 Å². The lowest BCUT2D eigenvalue weighted by Gasteiger charge is -2.21. The Bertz CT molecular complexity index is 316. The highest BCUT2D eigenvalue weighted by Gasteiger charge is 2.09. The van der Waals surface area contributed by atoms with Gasteiger partial charge in [0.25, 0.3) is 0 Å². The van der Waals surface area contributed by atoms with Gasteiger partial charge >= 0.3 is 0 Å². The normalized spacial score (nSPS) is 13.0. The fourth-order valence-electron chi connectivity index (χ4n) is 1.80. The summed E-state index contributed by atoms with van der Waals surface area (Å²) in [6.07, 6.45) is 1.04. The Kier molecular flexibility index (Phi) is 6.73. The second-order valence-electron chi connectivity index (χ2n) is 4.21. The van der Waals surface area contributed by atoms with Crippen LogP contribution >= 0.6 is 15.9 Å². The van der Waals surface area contributed by atoms with Crippen molar-refractivity contribution in [2.24, 2.45) is 0 Å². The molecule has 4 heteroatoms. The Morgan fingerprint density at radius 1 is 1.29 bits per heavy atom. The van der Waals surface area contributed by atoms with Crippen molar-refractivity contribution in [3.8, 4) is 0 Å². The van der Waals surface area contributed by atoms with E-state index in [4.69, 9.17) is 5.11 Å². The number of rotatable bonds is 7. The summed E-state index contributed by atoms with van der Waals surface area (Å²) in [5.41, 5.74) is 1.30. The number of benzene rings is 1. The smallest absolute Gasteiger partial charge is 0.0558 e. The van der Waals surface area contributed by atoms with Gasteiger partial charge in [0, 0.05) is 17.1 Å². The van der Waals surface area contributed by atoms with Crippen molar-refractivity contribution in [3.63, 3.8) is 0 Å². The molecule has 0 aliphatic rings. The maximum atomic E-state index is 8.84. The molecule has 0 spiro atoms. The molecule has 0 aliphatic carbocycles. The van der Waals surface area contributed by atoms with Gasteiger partial charge in [-0.15, -0.1) is 0 Å². The molecule has 1 rings (SSSR count). The third kappa shape index (κ3) is 5.17. The molecule has 1 atom stereocenters. The van der Waals surface area contributed by atoms with Crippen LogP contribution in [0.3, 0.4) is 0 Å². The molecule has 0 heterocycles. The Morgan fingerprint density at radius 3 is 2.47 bits per heavy atom. The Hall–Kier alpha value is -0.420. The summed E-state index contributed by atoms with van der Waals surface area (Å²) in [5.74, 6) is 0. The first-order valence-corrected chi connectivity index (χ1v) is 6.68. The van der Waals surface area contributed by atoms with Crippen LogP contribution in [0.5, 0.6) is 0 Å². The average molecular weight is 301 g/mol. The Balaban J connectivity index is 2.51. The third-order valence-corrected chi connectivity index (χ3v) is 3.43. The molecule has 17 heavy (non-hydrogen) atoms. The van der Waals surface area contributed by atoms with E-state index in [1.807, 2.05) is 14.1 Å². The van der Waals surface area contributed by atoms with E-state index in [2.05, 4.69) is 50.4 Å². The van der Waals surface area contributed by atoms with Crippen LogP contribution in [0.2, 0.25) is 0 Å². The van der Waals surface area contributed by atoms with E-state index in [1.54, 1.807) is 0 Å². The van der Waals surface area contributed by atoms with Gasteiger partial charge in [-0.3, -0.25) is 0 Å². The van der Waals surface area contributed by atoms with Gasteiger partial charge in [0.15, 0.2) is 0 Å². The van der Waals surface area contributed by atoms with Gasteiger partial charge in [-0.05, 0) is 44.8 Å². The molecular weight excluding hydrogens is 280 g/mol. The lowest BCUT2D eigenvalue weighted by Crippen LogP contribution is -2.27. The van der Waals surface area contributed by atoms with E-state index in [9.17, 15) is 0 Å². The highest BCUT2D eigenvalue weighted by Crippen LogP contribution is 2.19. The molecule has 0 saturated heterocycles. The molecule has 0 saturated carbocycles. The first kappa shape index (κ1) is 14.6. The predicted octanol–water partition coefficient (Wildman–Crippen LogP) is 2.02.